The third-order valence-electron chi connectivity index (χ3n) is 3.25. The summed E-state index contributed by atoms with van der Waals surface area (Å²) < 4.78 is 12.5. The van der Waals surface area contributed by atoms with Crippen LogP contribution in [0, 0.1) is 0 Å². The number of rotatable bonds is 2. The molecule has 0 bridgehead atoms. The quantitative estimate of drug-likeness (QED) is 0.874. The Morgan fingerprint density at radius 1 is 1.47 bits per heavy atom. The van der Waals surface area contributed by atoms with E-state index in [1.807, 2.05) is 0 Å². The molecule has 0 amide bonds. The van der Waals surface area contributed by atoms with Crippen molar-refractivity contribution in [3.63, 3.8) is 0 Å². The molecule has 1 aliphatic heterocycles. The lowest BCUT2D eigenvalue weighted by Gasteiger charge is -2.38. The van der Waals surface area contributed by atoms with Crippen LogP contribution in [0.3, 0.4) is 0 Å². The van der Waals surface area contributed by atoms with Crippen LogP contribution in [0.4, 0.5) is 0 Å². The number of hydrogen-bond acceptors (Lipinski definition) is 7. The molecule has 1 aromatic heterocycles. The smallest absolute Gasteiger partial charge is 0.174 e. The summed E-state index contributed by atoms with van der Waals surface area (Å²) in [5, 5.41) is 8.20. The third kappa shape index (κ3) is 2.48. The number of nitrogens with zero attached hydrogens (tertiary/aromatic N) is 2. The highest BCUT2D eigenvalue weighted by Crippen LogP contribution is 2.42. The summed E-state index contributed by atoms with van der Waals surface area (Å²) >= 11 is 3.25. The van der Waals surface area contributed by atoms with E-state index in [1.165, 1.54) is 0 Å². The van der Waals surface area contributed by atoms with Crippen LogP contribution in [0.2, 0.25) is 0 Å². The molecule has 2 N–H and O–H groups in total. The summed E-state index contributed by atoms with van der Waals surface area (Å²) in [6.07, 6.45) is 2.69. The molecule has 0 radical (unpaired) electrons. The molecule has 1 aliphatic carbocycles. The highest BCUT2D eigenvalue weighted by atomic mass is 32.2. The van der Waals surface area contributed by atoms with Crippen molar-refractivity contribution in [2.75, 3.05) is 13.2 Å². The van der Waals surface area contributed by atoms with Gasteiger partial charge in [-0.15, -0.1) is 10.2 Å². The zero-order chi connectivity index (χ0) is 11.7. The first-order chi connectivity index (χ1) is 8.27. The Bertz CT molecular complexity index is 368. The molecule has 2 aliphatic rings. The van der Waals surface area contributed by atoms with Crippen molar-refractivity contribution in [1.29, 1.82) is 0 Å². The second-order valence-corrected chi connectivity index (χ2v) is 6.69. The van der Waals surface area contributed by atoms with Gasteiger partial charge in [0.1, 0.15) is 5.51 Å². The average Bonchev–Trinajstić information content (AvgIpc) is 2.96. The standard InChI is InChI=1S/C10H15N3O2S2/c11-7-1-2-10(14-3-4-15-10)5-8(7)17-9-13-12-6-16-9/h6-8H,1-5,11H2. The van der Waals surface area contributed by atoms with Crippen molar-refractivity contribution < 1.29 is 9.47 Å². The molecule has 1 saturated carbocycles. The van der Waals surface area contributed by atoms with Gasteiger partial charge in [-0.3, -0.25) is 0 Å². The van der Waals surface area contributed by atoms with Crippen LogP contribution in [0.1, 0.15) is 19.3 Å². The lowest BCUT2D eigenvalue weighted by atomic mass is 9.90. The maximum Gasteiger partial charge on any atom is 0.174 e. The molecule has 5 nitrogen and oxygen atoms in total. The number of thioether (sulfide) groups is 1. The number of aromatic nitrogens is 2. The summed E-state index contributed by atoms with van der Waals surface area (Å²) in [6, 6.07) is 0.183. The largest absolute Gasteiger partial charge is 0.347 e. The van der Waals surface area contributed by atoms with Gasteiger partial charge in [0.05, 0.1) is 13.2 Å². The Kier molecular flexibility index (Phi) is 3.36. The van der Waals surface area contributed by atoms with Crippen LogP contribution in [-0.4, -0.2) is 40.5 Å². The number of ether oxygens (including phenoxy) is 2. The van der Waals surface area contributed by atoms with Crippen LogP contribution in [-0.2, 0) is 9.47 Å². The molecular weight excluding hydrogens is 258 g/mol. The van der Waals surface area contributed by atoms with E-state index in [2.05, 4.69) is 10.2 Å². The fraction of sp³-hybridized carbons (Fsp3) is 0.800. The predicted molar refractivity (Wildman–Crippen MR) is 66.0 cm³/mol. The van der Waals surface area contributed by atoms with Gasteiger partial charge in [-0.2, -0.15) is 0 Å². The highest BCUT2D eigenvalue weighted by molar-refractivity contribution is 8.01. The Hall–Kier alpha value is -0.210. The lowest BCUT2D eigenvalue weighted by molar-refractivity contribution is -0.176. The van der Waals surface area contributed by atoms with E-state index in [-0.39, 0.29) is 11.8 Å². The fourth-order valence-electron chi connectivity index (χ4n) is 2.36. The third-order valence-corrected chi connectivity index (χ3v) is 5.42. The second kappa shape index (κ2) is 4.81. The van der Waals surface area contributed by atoms with Crippen molar-refractivity contribution in [3.8, 4) is 0 Å². The Balaban J connectivity index is 1.69. The van der Waals surface area contributed by atoms with E-state index in [0.29, 0.717) is 18.5 Å². The molecular formula is C10H15N3O2S2. The van der Waals surface area contributed by atoms with Gasteiger partial charge in [-0.05, 0) is 6.42 Å². The van der Waals surface area contributed by atoms with Crippen LogP contribution in [0.5, 0.6) is 0 Å². The van der Waals surface area contributed by atoms with E-state index in [1.54, 1.807) is 28.6 Å². The minimum Gasteiger partial charge on any atom is -0.347 e. The number of nitrogens with two attached hydrogens (primary N) is 1. The molecule has 2 unspecified atom stereocenters. The average molecular weight is 273 g/mol. The van der Waals surface area contributed by atoms with Crippen LogP contribution < -0.4 is 5.73 Å². The van der Waals surface area contributed by atoms with Crippen molar-refractivity contribution >= 4 is 23.1 Å². The van der Waals surface area contributed by atoms with E-state index in [0.717, 1.165) is 23.6 Å². The SMILES string of the molecule is NC1CCC2(CC1Sc1nncs1)OCCO2. The molecule has 2 heterocycles. The van der Waals surface area contributed by atoms with Gasteiger partial charge in [0.2, 0.25) is 0 Å². The fourth-order valence-corrected chi connectivity index (χ4v) is 4.37. The molecule has 1 saturated heterocycles. The molecule has 1 aromatic rings. The predicted octanol–water partition coefficient (Wildman–Crippen LogP) is 1.25. The van der Waals surface area contributed by atoms with Gasteiger partial charge in [0, 0.05) is 24.1 Å². The molecule has 2 fully saturated rings. The zero-order valence-corrected chi connectivity index (χ0v) is 11.0. The van der Waals surface area contributed by atoms with Gasteiger partial charge in [-0.1, -0.05) is 23.1 Å². The normalized spacial score (nSPS) is 32.1. The van der Waals surface area contributed by atoms with Crippen LogP contribution in [0.15, 0.2) is 9.85 Å². The summed E-state index contributed by atoms with van der Waals surface area (Å²) in [6.45, 7) is 1.40. The minimum atomic E-state index is -0.377. The molecule has 17 heavy (non-hydrogen) atoms. The molecule has 0 aromatic carbocycles. The van der Waals surface area contributed by atoms with E-state index < -0.39 is 0 Å². The van der Waals surface area contributed by atoms with Gasteiger partial charge < -0.3 is 15.2 Å². The van der Waals surface area contributed by atoms with Crippen molar-refractivity contribution in [2.45, 2.75) is 40.7 Å². The van der Waals surface area contributed by atoms with Crippen molar-refractivity contribution in [2.24, 2.45) is 5.73 Å². The van der Waals surface area contributed by atoms with E-state index >= 15 is 0 Å². The monoisotopic (exact) mass is 273 g/mol. The van der Waals surface area contributed by atoms with Crippen molar-refractivity contribution in [3.05, 3.63) is 5.51 Å². The Morgan fingerprint density at radius 2 is 2.29 bits per heavy atom. The highest BCUT2D eigenvalue weighted by Gasteiger charge is 2.44. The van der Waals surface area contributed by atoms with Gasteiger partial charge in [0.15, 0.2) is 10.1 Å². The summed E-state index contributed by atoms with van der Waals surface area (Å²) in [5.74, 6) is -0.377. The topological polar surface area (TPSA) is 70.3 Å². The first kappa shape index (κ1) is 11.9. The molecule has 94 valence electrons. The maximum atomic E-state index is 6.17. The maximum absolute atomic E-state index is 6.17. The lowest BCUT2D eigenvalue weighted by Crippen LogP contribution is -2.47. The summed E-state index contributed by atoms with van der Waals surface area (Å²) in [7, 11) is 0. The first-order valence-electron chi connectivity index (χ1n) is 5.74. The molecule has 3 rings (SSSR count). The van der Waals surface area contributed by atoms with Crippen LogP contribution >= 0.6 is 23.1 Å². The van der Waals surface area contributed by atoms with E-state index in [9.17, 15) is 0 Å². The summed E-state index contributed by atoms with van der Waals surface area (Å²) in [4.78, 5) is 0. The number of hydrogen-bond donors (Lipinski definition) is 1. The summed E-state index contributed by atoms with van der Waals surface area (Å²) in [5.41, 5.74) is 7.92. The second-order valence-electron chi connectivity index (χ2n) is 4.38. The molecule has 2 atom stereocenters. The van der Waals surface area contributed by atoms with Crippen LogP contribution in [0.25, 0.3) is 0 Å². The van der Waals surface area contributed by atoms with Crippen molar-refractivity contribution in [1.82, 2.24) is 10.2 Å². The molecule has 1 spiro atoms. The molecule has 7 heteroatoms. The first-order valence-corrected chi connectivity index (χ1v) is 7.50. The Labute approximate surface area is 108 Å². The Morgan fingerprint density at radius 3 is 3.00 bits per heavy atom. The van der Waals surface area contributed by atoms with Gasteiger partial charge in [-0.25, -0.2) is 0 Å². The van der Waals surface area contributed by atoms with Gasteiger partial charge in [0.25, 0.3) is 0 Å². The zero-order valence-electron chi connectivity index (χ0n) is 9.37. The van der Waals surface area contributed by atoms with E-state index in [4.69, 9.17) is 15.2 Å². The van der Waals surface area contributed by atoms with Gasteiger partial charge >= 0.3 is 0 Å². The minimum absolute atomic E-state index is 0.183.